The number of ether oxygens (including phenoxy) is 1. The van der Waals surface area contributed by atoms with Crippen molar-refractivity contribution in [2.24, 2.45) is 4.99 Å². The Morgan fingerprint density at radius 1 is 1.22 bits per heavy atom. The van der Waals surface area contributed by atoms with Crippen LogP contribution in [0.15, 0.2) is 35.3 Å². The smallest absolute Gasteiger partial charge is 0.191 e. The molecule has 5 nitrogen and oxygen atoms in total. The number of guanidine groups is 1. The number of rotatable bonds is 9. The minimum Gasteiger partial charge on any atom is -0.384 e. The molecule has 0 radical (unpaired) electrons. The second kappa shape index (κ2) is 12.5. The molecule has 0 heterocycles. The Labute approximate surface area is 156 Å². The zero-order valence-electron chi connectivity index (χ0n) is 14.3. The summed E-state index contributed by atoms with van der Waals surface area (Å²) in [5, 5.41) is 17.0. The van der Waals surface area contributed by atoms with Gasteiger partial charge >= 0.3 is 0 Å². The number of hydrogen-bond acceptors (Lipinski definition) is 3. The number of halogens is 1. The molecule has 0 spiro atoms. The second-order valence-electron chi connectivity index (χ2n) is 5.31. The first-order valence-corrected chi connectivity index (χ1v) is 7.98. The summed E-state index contributed by atoms with van der Waals surface area (Å²) < 4.78 is 5.31. The molecule has 0 bridgehead atoms. The van der Waals surface area contributed by atoms with E-state index in [1.54, 1.807) is 6.92 Å². The van der Waals surface area contributed by atoms with E-state index in [0.29, 0.717) is 6.54 Å². The number of nitrogens with zero attached hydrogens (tertiary/aromatic N) is 1. The van der Waals surface area contributed by atoms with E-state index in [1.807, 2.05) is 44.2 Å². The molecular formula is C17H30IN3O2. The Balaban J connectivity index is 0.00000484. The van der Waals surface area contributed by atoms with Crippen molar-refractivity contribution in [1.29, 1.82) is 0 Å². The van der Waals surface area contributed by atoms with Gasteiger partial charge in [0.05, 0.1) is 6.54 Å². The molecule has 1 atom stereocenters. The van der Waals surface area contributed by atoms with E-state index in [4.69, 9.17) is 4.74 Å². The Hall–Kier alpha value is -0.860. The van der Waals surface area contributed by atoms with Gasteiger partial charge in [-0.25, -0.2) is 4.99 Å². The zero-order valence-corrected chi connectivity index (χ0v) is 16.7. The van der Waals surface area contributed by atoms with Crippen molar-refractivity contribution in [1.82, 2.24) is 10.6 Å². The maximum Gasteiger partial charge on any atom is 0.191 e. The summed E-state index contributed by atoms with van der Waals surface area (Å²) in [7, 11) is 0. The molecule has 132 valence electrons. The zero-order chi connectivity index (χ0) is 16.3. The molecule has 1 unspecified atom stereocenters. The first-order valence-electron chi connectivity index (χ1n) is 7.98. The fraction of sp³-hybridized carbons (Fsp3) is 0.588. The molecule has 1 aromatic rings. The lowest BCUT2D eigenvalue weighted by Gasteiger charge is -2.22. The average molecular weight is 435 g/mol. The van der Waals surface area contributed by atoms with E-state index < -0.39 is 5.60 Å². The molecule has 1 rings (SSSR count). The van der Waals surface area contributed by atoms with Crippen molar-refractivity contribution in [3.05, 3.63) is 35.9 Å². The monoisotopic (exact) mass is 435 g/mol. The van der Waals surface area contributed by atoms with Gasteiger partial charge in [-0.05, 0) is 32.8 Å². The molecule has 23 heavy (non-hydrogen) atoms. The van der Waals surface area contributed by atoms with Gasteiger partial charge in [-0.1, -0.05) is 30.3 Å². The lowest BCUT2D eigenvalue weighted by atomic mass is 9.96. The lowest BCUT2D eigenvalue weighted by Crippen LogP contribution is -2.39. The van der Waals surface area contributed by atoms with Crippen LogP contribution in [0.1, 0.15) is 32.8 Å². The molecule has 6 heteroatoms. The lowest BCUT2D eigenvalue weighted by molar-refractivity contribution is 0.0672. The molecule has 3 N–H and O–H groups in total. The quantitative estimate of drug-likeness (QED) is 0.241. The SMILES string of the molecule is CCNC(=NCC(C)(O)c1ccccc1)NCCCOCC.I. The summed E-state index contributed by atoms with van der Waals surface area (Å²) in [6.07, 6.45) is 0.924. The normalized spacial score (nSPS) is 13.8. The van der Waals surface area contributed by atoms with Crippen LogP contribution in [0.2, 0.25) is 0 Å². The van der Waals surface area contributed by atoms with Crippen LogP contribution in [0.25, 0.3) is 0 Å². The van der Waals surface area contributed by atoms with Crippen LogP contribution >= 0.6 is 24.0 Å². The van der Waals surface area contributed by atoms with Gasteiger partial charge in [0.25, 0.3) is 0 Å². The van der Waals surface area contributed by atoms with Gasteiger partial charge in [0.2, 0.25) is 0 Å². The van der Waals surface area contributed by atoms with Crippen molar-refractivity contribution >= 4 is 29.9 Å². The van der Waals surface area contributed by atoms with Crippen molar-refractivity contribution < 1.29 is 9.84 Å². The molecule has 0 saturated carbocycles. The van der Waals surface area contributed by atoms with Crippen molar-refractivity contribution in [2.75, 3.05) is 32.8 Å². The Morgan fingerprint density at radius 2 is 1.91 bits per heavy atom. The first kappa shape index (κ1) is 22.1. The van der Waals surface area contributed by atoms with Gasteiger partial charge in [0, 0.05) is 26.3 Å². The van der Waals surface area contributed by atoms with Crippen LogP contribution in [-0.2, 0) is 10.3 Å². The third-order valence-corrected chi connectivity index (χ3v) is 3.25. The Morgan fingerprint density at radius 3 is 2.52 bits per heavy atom. The molecule has 0 saturated heterocycles. The van der Waals surface area contributed by atoms with Gasteiger partial charge in [-0.2, -0.15) is 0 Å². The standard InChI is InChI=1S/C17H29N3O2.HI/c1-4-18-16(19-12-9-13-22-5-2)20-14-17(3,21)15-10-7-6-8-11-15;/h6-8,10-11,21H,4-5,9,12-14H2,1-3H3,(H2,18,19,20);1H. The summed E-state index contributed by atoms with van der Waals surface area (Å²) >= 11 is 0. The van der Waals surface area contributed by atoms with E-state index in [-0.39, 0.29) is 24.0 Å². The van der Waals surface area contributed by atoms with E-state index in [0.717, 1.165) is 44.2 Å². The number of nitrogens with one attached hydrogen (secondary N) is 2. The van der Waals surface area contributed by atoms with Crippen molar-refractivity contribution in [3.8, 4) is 0 Å². The largest absolute Gasteiger partial charge is 0.384 e. The van der Waals surface area contributed by atoms with Crippen LogP contribution in [0.3, 0.4) is 0 Å². The molecule has 0 aliphatic heterocycles. The highest BCUT2D eigenvalue weighted by Gasteiger charge is 2.22. The fourth-order valence-corrected chi connectivity index (χ4v) is 1.99. The summed E-state index contributed by atoms with van der Waals surface area (Å²) in [4.78, 5) is 4.48. The minimum atomic E-state index is -0.977. The maximum absolute atomic E-state index is 10.6. The predicted molar refractivity (Wildman–Crippen MR) is 107 cm³/mol. The van der Waals surface area contributed by atoms with E-state index in [2.05, 4.69) is 15.6 Å². The topological polar surface area (TPSA) is 65.9 Å². The highest BCUT2D eigenvalue weighted by molar-refractivity contribution is 14.0. The minimum absolute atomic E-state index is 0. The fourth-order valence-electron chi connectivity index (χ4n) is 1.99. The Kier molecular flexibility index (Phi) is 12.1. The predicted octanol–water partition coefficient (Wildman–Crippen LogP) is 2.49. The van der Waals surface area contributed by atoms with Gasteiger partial charge < -0.3 is 20.5 Å². The molecule has 0 aliphatic carbocycles. The van der Waals surface area contributed by atoms with Gasteiger partial charge in [-0.15, -0.1) is 24.0 Å². The average Bonchev–Trinajstić information content (AvgIpc) is 2.53. The summed E-state index contributed by atoms with van der Waals surface area (Å²) in [6.45, 7) is 9.16. The highest BCUT2D eigenvalue weighted by Crippen LogP contribution is 2.20. The van der Waals surface area contributed by atoms with Crippen LogP contribution in [0.4, 0.5) is 0 Å². The molecule has 0 fully saturated rings. The van der Waals surface area contributed by atoms with Gasteiger partial charge in [-0.3, -0.25) is 0 Å². The third kappa shape index (κ3) is 9.12. The van der Waals surface area contributed by atoms with Crippen LogP contribution in [0.5, 0.6) is 0 Å². The summed E-state index contributed by atoms with van der Waals surface area (Å²) in [6, 6.07) is 9.61. The summed E-state index contributed by atoms with van der Waals surface area (Å²) in [5.41, 5.74) is -0.111. The molecular weight excluding hydrogens is 405 g/mol. The number of benzene rings is 1. The maximum atomic E-state index is 10.6. The number of aliphatic hydroxyl groups is 1. The van der Waals surface area contributed by atoms with E-state index >= 15 is 0 Å². The Bertz CT molecular complexity index is 439. The molecule has 1 aromatic carbocycles. The third-order valence-electron chi connectivity index (χ3n) is 3.25. The second-order valence-corrected chi connectivity index (χ2v) is 5.31. The summed E-state index contributed by atoms with van der Waals surface area (Å²) in [5.74, 6) is 0.718. The van der Waals surface area contributed by atoms with E-state index in [9.17, 15) is 5.11 Å². The molecule has 0 aliphatic rings. The van der Waals surface area contributed by atoms with E-state index in [1.165, 1.54) is 0 Å². The number of aliphatic imine (C=N–C) groups is 1. The highest BCUT2D eigenvalue weighted by atomic mass is 127. The first-order chi connectivity index (χ1) is 10.6. The molecule has 0 aromatic heterocycles. The van der Waals surface area contributed by atoms with Gasteiger partial charge in [0.1, 0.15) is 5.60 Å². The van der Waals surface area contributed by atoms with Crippen molar-refractivity contribution in [2.45, 2.75) is 32.8 Å². The van der Waals surface area contributed by atoms with Gasteiger partial charge in [0.15, 0.2) is 5.96 Å². The van der Waals surface area contributed by atoms with Crippen LogP contribution < -0.4 is 10.6 Å². The van der Waals surface area contributed by atoms with Crippen LogP contribution in [-0.4, -0.2) is 43.9 Å². The van der Waals surface area contributed by atoms with Crippen LogP contribution in [0, 0.1) is 0 Å². The van der Waals surface area contributed by atoms with Crippen molar-refractivity contribution in [3.63, 3.8) is 0 Å². The number of hydrogen-bond donors (Lipinski definition) is 3. The molecule has 0 amide bonds.